The fraction of sp³-hybridized carbons (Fsp3) is 0.429. The van der Waals surface area contributed by atoms with Gasteiger partial charge in [0.2, 0.25) is 5.91 Å². The van der Waals surface area contributed by atoms with Gasteiger partial charge in [0.25, 0.3) is 0 Å². The van der Waals surface area contributed by atoms with Crippen LogP contribution in [0.25, 0.3) is 0 Å². The van der Waals surface area contributed by atoms with Crippen LogP contribution in [0.5, 0.6) is 0 Å². The van der Waals surface area contributed by atoms with Crippen LogP contribution in [-0.4, -0.2) is 39.4 Å². The lowest BCUT2D eigenvalue weighted by Gasteiger charge is -2.33. The lowest BCUT2D eigenvalue weighted by molar-refractivity contribution is -0.129. The molecule has 0 saturated carbocycles. The van der Waals surface area contributed by atoms with E-state index in [2.05, 4.69) is 28.2 Å². The summed E-state index contributed by atoms with van der Waals surface area (Å²) in [5.41, 5.74) is 3.77. The number of aryl methyl sites for hydroxylation is 3. The summed E-state index contributed by atoms with van der Waals surface area (Å²) in [4.78, 5) is 35.3. The van der Waals surface area contributed by atoms with Gasteiger partial charge in [-0.25, -0.2) is 9.97 Å². The number of amides is 1. The zero-order valence-corrected chi connectivity index (χ0v) is 17.1. The Kier molecular flexibility index (Phi) is 5.95. The number of benzene rings is 1. The van der Waals surface area contributed by atoms with Crippen LogP contribution in [0.2, 0.25) is 0 Å². The monoisotopic (exact) mass is 383 g/mol. The molecule has 142 valence electrons. The number of Topliss-reactive ketones (excluding diaryl/α,β-unsaturated/α-hetero) is 1. The number of ketones is 1. The van der Waals surface area contributed by atoms with Gasteiger partial charge in [-0.05, 0) is 51.2 Å². The number of carbonyl (C=O) groups is 2. The first-order valence-corrected chi connectivity index (χ1v) is 10.2. The summed E-state index contributed by atoms with van der Waals surface area (Å²) in [5.74, 6) is 0.842. The van der Waals surface area contributed by atoms with Crippen molar-refractivity contribution in [3.8, 4) is 0 Å². The lowest BCUT2D eigenvalue weighted by atomic mass is 9.87. The van der Waals surface area contributed by atoms with E-state index in [-0.39, 0.29) is 23.5 Å². The number of fused-ring (bicyclic) bond motifs is 1. The Bertz CT molecular complexity index is 882. The molecule has 1 amide bonds. The van der Waals surface area contributed by atoms with Crippen LogP contribution in [0.4, 0.5) is 0 Å². The normalized spacial score (nSPS) is 15.9. The van der Waals surface area contributed by atoms with E-state index in [4.69, 9.17) is 0 Å². The van der Waals surface area contributed by atoms with Crippen molar-refractivity contribution in [2.24, 2.45) is 0 Å². The second kappa shape index (κ2) is 8.21. The van der Waals surface area contributed by atoms with Crippen LogP contribution in [0, 0.1) is 13.8 Å². The lowest BCUT2D eigenvalue weighted by Crippen LogP contribution is -2.34. The second-order valence-corrected chi connectivity index (χ2v) is 7.96. The maximum Gasteiger partial charge on any atom is 0.233 e. The molecule has 1 aliphatic rings. The Balaban J connectivity index is 1.75. The minimum atomic E-state index is -0.0722. The van der Waals surface area contributed by atoms with E-state index in [9.17, 15) is 9.59 Å². The molecule has 0 unspecified atom stereocenters. The predicted octanol–water partition coefficient (Wildman–Crippen LogP) is 3.92. The standard InChI is InChI=1S/C21H25N3O2S/c1-13-20(14(2)25)21(23-15(3)22-13)27-12-19(26)24(4)18-11-7-9-16-8-5-6-10-17(16)18/h5-6,8,10,18H,7,9,11-12H2,1-4H3/t18-/m1/s1. The van der Waals surface area contributed by atoms with Gasteiger partial charge >= 0.3 is 0 Å². The minimum absolute atomic E-state index is 0.0464. The van der Waals surface area contributed by atoms with Crippen molar-refractivity contribution in [2.75, 3.05) is 12.8 Å². The maximum absolute atomic E-state index is 12.9. The average Bonchev–Trinajstić information content (AvgIpc) is 2.64. The average molecular weight is 384 g/mol. The van der Waals surface area contributed by atoms with Gasteiger partial charge in [0.1, 0.15) is 10.9 Å². The Morgan fingerprint density at radius 1 is 1.22 bits per heavy atom. The summed E-state index contributed by atoms with van der Waals surface area (Å²) in [5, 5.41) is 0.596. The van der Waals surface area contributed by atoms with Gasteiger partial charge in [0, 0.05) is 7.05 Å². The third kappa shape index (κ3) is 4.21. The molecular formula is C21H25N3O2S. The molecule has 1 heterocycles. The van der Waals surface area contributed by atoms with Crippen LogP contribution in [-0.2, 0) is 11.2 Å². The summed E-state index contributed by atoms with van der Waals surface area (Å²) in [6.07, 6.45) is 3.14. The smallest absolute Gasteiger partial charge is 0.233 e. The van der Waals surface area contributed by atoms with Crippen LogP contribution < -0.4 is 0 Å². The van der Waals surface area contributed by atoms with E-state index in [0.717, 1.165) is 19.3 Å². The quantitative estimate of drug-likeness (QED) is 0.445. The van der Waals surface area contributed by atoms with Gasteiger partial charge < -0.3 is 4.90 Å². The zero-order valence-electron chi connectivity index (χ0n) is 16.3. The molecular weight excluding hydrogens is 358 g/mol. The van der Waals surface area contributed by atoms with E-state index in [1.807, 2.05) is 24.9 Å². The molecule has 1 aliphatic carbocycles. The van der Waals surface area contributed by atoms with Crippen molar-refractivity contribution in [1.82, 2.24) is 14.9 Å². The van der Waals surface area contributed by atoms with Gasteiger partial charge in [0.05, 0.1) is 23.1 Å². The Morgan fingerprint density at radius 2 is 1.96 bits per heavy atom. The summed E-state index contributed by atoms with van der Waals surface area (Å²) >= 11 is 1.32. The maximum atomic E-state index is 12.9. The second-order valence-electron chi connectivity index (χ2n) is 6.99. The molecule has 0 aliphatic heterocycles. The largest absolute Gasteiger partial charge is 0.338 e. The summed E-state index contributed by atoms with van der Waals surface area (Å²) in [6, 6.07) is 8.49. The number of carbonyl (C=O) groups excluding carboxylic acids is 2. The van der Waals surface area contributed by atoms with E-state index < -0.39 is 0 Å². The Labute approximate surface area is 164 Å². The topological polar surface area (TPSA) is 63.2 Å². The highest BCUT2D eigenvalue weighted by Gasteiger charge is 2.27. The molecule has 1 atom stereocenters. The van der Waals surface area contributed by atoms with Crippen LogP contribution in [0.1, 0.15) is 58.8 Å². The molecule has 0 radical (unpaired) electrons. The predicted molar refractivity (Wildman–Crippen MR) is 107 cm³/mol. The molecule has 27 heavy (non-hydrogen) atoms. The van der Waals surface area contributed by atoms with Crippen molar-refractivity contribution in [2.45, 2.75) is 51.1 Å². The molecule has 1 aromatic heterocycles. The Morgan fingerprint density at radius 3 is 2.70 bits per heavy atom. The van der Waals surface area contributed by atoms with E-state index >= 15 is 0 Å². The van der Waals surface area contributed by atoms with E-state index in [0.29, 0.717) is 22.1 Å². The first kappa shape index (κ1) is 19.5. The summed E-state index contributed by atoms with van der Waals surface area (Å²) < 4.78 is 0. The van der Waals surface area contributed by atoms with Crippen molar-refractivity contribution in [3.63, 3.8) is 0 Å². The molecule has 6 heteroatoms. The van der Waals surface area contributed by atoms with Gasteiger partial charge in [0.15, 0.2) is 5.78 Å². The first-order valence-electron chi connectivity index (χ1n) is 9.21. The first-order chi connectivity index (χ1) is 12.9. The number of rotatable bonds is 5. The molecule has 0 bridgehead atoms. The fourth-order valence-corrected chi connectivity index (χ4v) is 4.82. The van der Waals surface area contributed by atoms with Crippen LogP contribution >= 0.6 is 11.8 Å². The number of hydrogen-bond donors (Lipinski definition) is 0. The third-order valence-corrected chi connectivity index (χ3v) is 6.01. The van der Waals surface area contributed by atoms with Gasteiger partial charge in [-0.1, -0.05) is 36.0 Å². The Hall–Kier alpha value is -2.21. The molecule has 1 aromatic carbocycles. The van der Waals surface area contributed by atoms with Crippen LogP contribution in [0.15, 0.2) is 29.3 Å². The highest BCUT2D eigenvalue weighted by Crippen LogP contribution is 2.34. The van der Waals surface area contributed by atoms with Gasteiger partial charge in [-0.15, -0.1) is 0 Å². The van der Waals surface area contributed by atoms with Crippen LogP contribution in [0.3, 0.4) is 0 Å². The van der Waals surface area contributed by atoms with Crippen molar-refractivity contribution < 1.29 is 9.59 Å². The zero-order chi connectivity index (χ0) is 19.6. The van der Waals surface area contributed by atoms with Gasteiger partial charge in [-0.3, -0.25) is 9.59 Å². The minimum Gasteiger partial charge on any atom is -0.338 e. The molecule has 0 fully saturated rings. The molecule has 2 aromatic rings. The van der Waals surface area contributed by atoms with E-state index in [1.165, 1.54) is 29.8 Å². The number of thioether (sulfide) groups is 1. The number of nitrogens with zero attached hydrogens (tertiary/aromatic N) is 3. The summed E-state index contributed by atoms with van der Waals surface area (Å²) in [6.45, 7) is 5.12. The number of hydrogen-bond acceptors (Lipinski definition) is 5. The molecule has 0 spiro atoms. The molecule has 5 nitrogen and oxygen atoms in total. The number of aromatic nitrogens is 2. The summed E-state index contributed by atoms with van der Waals surface area (Å²) in [7, 11) is 1.87. The van der Waals surface area contributed by atoms with Crippen molar-refractivity contribution in [1.29, 1.82) is 0 Å². The third-order valence-electron chi connectivity index (χ3n) is 5.05. The van der Waals surface area contributed by atoms with E-state index in [1.54, 1.807) is 6.92 Å². The fourth-order valence-electron chi connectivity index (χ4n) is 3.73. The SMILES string of the molecule is CC(=O)c1c(C)nc(C)nc1SCC(=O)N(C)[C@@H]1CCCc2ccccc21. The van der Waals surface area contributed by atoms with Gasteiger partial charge in [-0.2, -0.15) is 0 Å². The highest BCUT2D eigenvalue weighted by molar-refractivity contribution is 8.00. The van der Waals surface area contributed by atoms with Crippen molar-refractivity contribution in [3.05, 3.63) is 52.5 Å². The van der Waals surface area contributed by atoms with Crippen molar-refractivity contribution >= 4 is 23.5 Å². The molecule has 0 saturated heterocycles. The highest BCUT2D eigenvalue weighted by atomic mass is 32.2. The molecule has 3 rings (SSSR count). The molecule has 0 N–H and O–H groups in total.